The second kappa shape index (κ2) is 15.9. The Morgan fingerprint density at radius 2 is 1.77 bits per heavy atom. The van der Waals surface area contributed by atoms with Crippen LogP contribution >= 0.6 is 0 Å². The summed E-state index contributed by atoms with van der Waals surface area (Å²) in [6.07, 6.45) is 11.4. The number of hydrogen-bond acceptors (Lipinski definition) is 11. The highest BCUT2D eigenvalue weighted by Gasteiger charge is 2.24. The lowest BCUT2D eigenvalue weighted by Gasteiger charge is -2.28. The summed E-state index contributed by atoms with van der Waals surface area (Å²) in [5.74, 6) is 3.71. The lowest BCUT2D eigenvalue weighted by atomic mass is 9.96. The maximum absolute atomic E-state index is 11.9. The van der Waals surface area contributed by atoms with Gasteiger partial charge in [0.2, 0.25) is 5.75 Å². The monoisotopic (exact) mass is 647 g/mol. The molecule has 0 radical (unpaired) electrons. The molecule has 1 saturated heterocycles. The first-order valence-corrected chi connectivity index (χ1v) is 16.1. The zero-order chi connectivity index (χ0) is 33.3. The number of morpholine rings is 1. The molecule has 4 heterocycles. The number of allylic oxidation sites excluding steroid dienone is 1. The largest absolute Gasteiger partial charge is 0.493 e. The van der Waals surface area contributed by atoms with Gasteiger partial charge in [-0.25, -0.2) is 20.4 Å². The fraction of sp³-hybridized carbons (Fsp3) is 0.500. The second-order valence-corrected chi connectivity index (χ2v) is 11.8. The molecule has 1 amide bonds. The number of methoxy groups -OCH3 is 3. The van der Waals surface area contributed by atoms with E-state index in [1.54, 1.807) is 39.1 Å². The lowest BCUT2D eigenvalue weighted by molar-refractivity contribution is -0.124. The minimum absolute atomic E-state index is 0.342. The molecule has 2 aliphatic rings. The number of aryl methyl sites for hydroxylation is 2. The van der Waals surface area contributed by atoms with E-state index < -0.39 is 5.91 Å². The summed E-state index contributed by atoms with van der Waals surface area (Å²) >= 11 is 0. The molecule has 1 unspecified atom stereocenters. The average molecular weight is 648 g/mol. The van der Waals surface area contributed by atoms with Crippen LogP contribution in [0, 0.1) is 5.92 Å². The molecule has 2 aliphatic heterocycles. The number of imidazole rings is 1. The van der Waals surface area contributed by atoms with E-state index in [0.717, 1.165) is 79.0 Å². The summed E-state index contributed by atoms with van der Waals surface area (Å²) in [5.41, 5.74) is 5.38. The van der Waals surface area contributed by atoms with Crippen LogP contribution in [0.1, 0.15) is 51.3 Å². The number of nitrogens with one attached hydrogen (secondary N) is 1. The van der Waals surface area contributed by atoms with Crippen LogP contribution in [0.25, 0.3) is 22.6 Å². The van der Waals surface area contributed by atoms with Crippen molar-refractivity contribution in [2.75, 3.05) is 52.5 Å². The number of nitrogens with zero attached hydrogens (tertiary/aromatic N) is 6. The first-order valence-electron chi connectivity index (χ1n) is 16.1. The fourth-order valence-electron chi connectivity index (χ4n) is 5.87. The van der Waals surface area contributed by atoms with Crippen molar-refractivity contribution in [3.8, 4) is 28.6 Å². The maximum Gasteiger partial charge on any atom is 0.276 e. The van der Waals surface area contributed by atoms with E-state index in [-0.39, 0.29) is 0 Å². The topological polar surface area (TPSA) is 145 Å². The molecule has 0 aliphatic carbocycles. The first kappa shape index (κ1) is 33.9. The number of carbonyl (C=O) groups is 1. The molecular weight excluding hydrogens is 602 g/mol. The van der Waals surface area contributed by atoms with Gasteiger partial charge in [-0.15, -0.1) is 0 Å². The predicted molar refractivity (Wildman–Crippen MR) is 180 cm³/mol. The minimum Gasteiger partial charge on any atom is -0.493 e. The van der Waals surface area contributed by atoms with Crippen LogP contribution in [0.15, 0.2) is 41.1 Å². The number of ether oxygens (including phenoxy) is 4. The number of amides is 1. The van der Waals surface area contributed by atoms with E-state index in [9.17, 15) is 4.79 Å². The smallest absolute Gasteiger partial charge is 0.276 e. The molecule has 13 heteroatoms. The summed E-state index contributed by atoms with van der Waals surface area (Å²) in [5, 5.41) is 9.03. The van der Waals surface area contributed by atoms with E-state index >= 15 is 0 Å². The van der Waals surface area contributed by atoms with Crippen LogP contribution in [0.4, 0.5) is 5.82 Å². The van der Waals surface area contributed by atoms with E-state index in [1.165, 1.54) is 0 Å². The molecule has 5 rings (SSSR count). The number of benzene rings is 1. The van der Waals surface area contributed by atoms with Crippen molar-refractivity contribution < 1.29 is 28.9 Å². The van der Waals surface area contributed by atoms with E-state index in [4.69, 9.17) is 39.1 Å². The highest BCUT2D eigenvalue weighted by Crippen LogP contribution is 2.41. The quantitative estimate of drug-likeness (QED) is 0.207. The lowest BCUT2D eigenvalue weighted by Crippen LogP contribution is -2.37. The Bertz CT molecular complexity index is 1630. The molecule has 2 N–H and O–H groups in total. The van der Waals surface area contributed by atoms with Gasteiger partial charge in [0, 0.05) is 44.0 Å². The molecule has 252 valence electrons. The highest BCUT2D eigenvalue weighted by atomic mass is 16.5. The number of anilines is 1. The number of aliphatic imine (C=N–C) groups is 1. The third-order valence-electron chi connectivity index (χ3n) is 8.70. The second-order valence-electron chi connectivity index (χ2n) is 11.8. The SMILES string of the molecule is COc1cc(-c2nc(N3CCOCC3)c3nc(CCC(C)CCC4=N/C=C(C(=O)NO)\C=C/CCC4)n(C)c3n2)cc(OC)c1OC. The number of carbonyl (C=O) groups excluding carboxylic acids is 1. The van der Waals surface area contributed by atoms with Gasteiger partial charge in [0.15, 0.2) is 34.3 Å². The minimum atomic E-state index is -0.556. The number of fused-ring (bicyclic) bond motifs is 1. The fourth-order valence-corrected chi connectivity index (χ4v) is 5.87. The number of rotatable bonds is 12. The summed E-state index contributed by atoms with van der Waals surface area (Å²) in [6, 6.07) is 3.72. The Kier molecular flexibility index (Phi) is 11.4. The number of hydrogen-bond donors (Lipinski definition) is 2. The van der Waals surface area contributed by atoms with E-state index in [0.29, 0.717) is 60.9 Å². The Labute approximate surface area is 275 Å². The van der Waals surface area contributed by atoms with Gasteiger partial charge < -0.3 is 28.4 Å². The van der Waals surface area contributed by atoms with Crippen molar-refractivity contribution in [1.82, 2.24) is 25.0 Å². The van der Waals surface area contributed by atoms with Gasteiger partial charge in [0.05, 0.1) is 40.1 Å². The molecule has 47 heavy (non-hydrogen) atoms. The molecule has 1 atom stereocenters. The van der Waals surface area contributed by atoms with E-state index in [1.807, 2.05) is 25.3 Å². The van der Waals surface area contributed by atoms with Gasteiger partial charge >= 0.3 is 0 Å². The number of aromatic nitrogens is 4. The Hall–Kier alpha value is -4.49. The van der Waals surface area contributed by atoms with Gasteiger partial charge in [-0.1, -0.05) is 19.1 Å². The molecule has 1 aromatic carbocycles. The van der Waals surface area contributed by atoms with Gasteiger partial charge in [-0.05, 0) is 56.6 Å². The van der Waals surface area contributed by atoms with Gasteiger partial charge in [0.25, 0.3) is 5.91 Å². The standard InChI is InChI=1S/C34H45N7O6/c1-22(11-13-25-10-8-6-7-9-23(21-35-25)34(42)39-43)12-14-28-36-29-32(40(28)2)37-31(38-33(29)41-15-17-47-18-16-41)24-19-26(44-3)30(46-5)27(20-24)45-4/h7,9,19-22,43H,6,8,10-18H2,1-5H3,(H,39,42)/b9-7-,23-21+,35-25?. The average Bonchev–Trinajstić information content (AvgIpc) is 3.49. The van der Waals surface area contributed by atoms with Crippen molar-refractivity contribution in [2.24, 2.45) is 18.0 Å². The van der Waals surface area contributed by atoms with Crippen LogP contribution in [-0.2, 0) is 23.0 Å². The van der Waals surface area contributed by atoms with Gasteiger partial charge in [-0.2, -0.15) is 0 Å². The van der Waals surface area contributed by atoms with Crippen LogP contribution in [0.5, 0.6) is 17.2 Å². The summed E-state index contributed by atoms with van der Waals surface area (Å²) in [6.45, 7) is 4.92. The molecule has 1 fully saturated rings. The Balaban J connectivity index is 1.38. The summed E-state index contributed by atoms with van der Waals surface area (Å²) < 4.78 is 24.5. The Morgan fingerprint density at radius 3 is 2.45 bits per heavy atom. The van der Waals surface area contributed by atoms with Crippen LogP contribution in [0.3, 0.4) is 0 Å². The molecule has 0 bridgehead atoms. The van der Waals surface area contributed by atoms with Crippen molar-refractivity contribution >= 4 is 28.6 Å². The third kappa shape index (κ3) is 7.91. The van der Waals surface area contributed by atoms with E-state index in [2.05, 4.69) is 21.4 Å². The molecule has 3 aromatic rings. The molecule has 0 saturated carbocycles. The molecule has 0 spiro atoms. The molecule has 2 aromatic heterocycles. The van der Waals surface area contributed by atoms with Gasteiger partial charge in [0.1, 0.15) is 5.82 Å². The van der Waals surface area contributed by atoms with Crippen molar-refractivity contribution in [3.05, 3.63) is 41.9 Å². The summed E-state index contributed by atoms with van der Waals surface area (Å²) in [7, 11) is 6.77. The van der Waals surface area contributed by atoms with Crippen LogP contribution in [0.2, 0.25) is 0 Å². The Morgan fingerprint density at radius 1 is 1.04 bits per heavy atom. The van der Waals surface area contributed by atoms with Crippen molar-refractivity contribution in [1.29, 1.82) is 0 Å². The normalized spacial score (nSPS) is 17.9. The van der Waals surface area contributed by atoms with Crippen LogP contribution in [-0.4, -0.2) is 84.0 Å². The van der Waals surface area contributed by atoms with Gasteiger partial charge in [-0.3, -0.25) is 15.0 Å². The zero-order valence-corrected chi connectivity index (χ0v) is 27.9. The summed E-state index contributed by atoms with van der Waals surface area (Å²) in [4.78, 5) is 33.9. The third-order valence-corrected chi connectivity index (χ3v) is 8.70. The first-order chi connectivity index (χ1) is 22.9. The van der Waals surface area contributed by atoms with Crippen molar-refractivity contribution in [3.63, 3.8) is 0 Å². The molecule has 13 nitrogen and oxygen atoms in total. The maximum atomic E-state index is 11.9. The highest BCUT2D eigenvalue weighted by molar-refractivity contribution is 5.96. The predicted octanol–water partition coefficient (Wildman–Crippen LogP) is 4.81. The van der Waals surface area contributed by atoms with Crippen molar-refractivity contribution in [2.45, 2.75) is 51.9 Å². The zero-order valence-electron chi connectivity index (χ0n) is 27.9. The van der Waals surface area contributed by atoms with Crippen LogP contribution < -0.4 is 24.6 Å². The number of hydroxylamine groups is 1. The molecular formula is C34H45N7O6.